The molecule has 2 aliphatic rings. The standard InChI is InChI=1S/C16H23NO/c1-18-16-8-4-7-15(11-16)17-10-9-13-5-2-3-6-14(13)12-17/h4,7-8,11,13-14H,2-3,5-6,9-10,12H2,1H3. The second-order valence-electron chi connectivity index (χ2n) is 5.74. The van der Waals surface area contributed by atoms with E-state index in [1.54, 1.807) is 7.11 Å². The average molecular weight is 245 g/mol. The molecule has 1 aliphatic heterocycles. The van der Waals surface area contributed by atoms with Gasteiger partial charge in [-0.15, -0.1) is 0 Å². The summed E-state index contributed by atoms with van der Waals surface area (Å²) in [6.45, 7) is 2.46. The molecule has 0 bridgehead atoms. The van der Waals surface area contributed by atoms with E-state index < -0.39 is 0 Å². The summed E-state index contributed by atoms with van der Waals surface area (Å²) < 4.78 is 5.33. The third kappa shape index (κ3) is 2.33. The number of ether oxygens (including phenoxy) is 1. The molecule has 1 aromatic rings. The lowest BCUT2D eigenvalue weighted by Gasteiger charge is -2.42. The summed E-state index contributed by atoms with van der Waals surface area (Å²) in [5, 5.41) is 0. The van der Waals surface area contributed by atoms with E-state index in [-0.39, 0.29) is 0 Å². The SMILES string of the molecule is COc1cccc(N2CCC3CCCCC3C2)c1. The van der Waals surface area contributed by atoms with Crippen molar-refractivity contribution in [3.63, 3.8) is 0 Å². The van der Waals surface area contributed by atoms with Crippen LogP contribution < -0.4 is 9.64 Å². The zero-order valence-corrected chi connectivity index (χ0v) is 11.3. The molecule has 98 valence electrons. The molecule has 2 fully saturated rings. The maximum Gasteiger partial charge on any atom is 0.120 e. The second-order valence-corrected chi connectivity index (χ2v) is 5.74. The van der Waals surface area contributed by atoms with Gasteiger partial charge in [-0.25, -0.2) is 0 Å². The molecule has 1 aromatic carbocycles. The van der Waals surface area contributed by atoms with Crippen molar-refractivity contribution < 1.29 is 4.74 Å². The number of hydrogen-bond acceptors (Lipinski definition) is 2. The molecule has 3 rings (SSSR count). The Morgan fingerprint density at radius 2 is 1.94 bits per heavy atom. The number of benzene rings is 1. The number of rotatable bonds is 2. The highest BCUT2D eigenvalue weighted by Gasteiger charge is 2.31. The normalized spacial score (nSPS) is 27.7. The van der Waals surface area contributed by atoms with Crippen LogP contribution in [0.25, 0.3) is 0 Å². The quantitative estimate of drug-likeness (QED) is 0.787. The molecular formula is C16H23NO. The molecule has 2 atom stereocenters. The van der Waals surface area contributed by atoms with Gasteiger partial charge in [0.05, 0.1) is 7.11 Å². The highest BCUT2D eigenvalue weighted by molar-refractivity contribution is 5.51. The predicted octanol–water partition coefficient (Wildman–Crippen LogP) is 3.71. The van der Waals surface area contributed by atoms with Gasteiger partial charge in [0.25, 0.3) is 0 Å². The molecule has 2 nitrogen and oxygen atoms in total. The van der Waals surface area contributed by atoms with Gasteiger partial charge in [0.2, 0.25) is 0 Å². The monoisotopic (exact) mass is 245 g/mol. The van der Waals surface area contributed by atoms with Crippen LogP contribution in [-0.4, -0.2) is 20.2 Å². The summed E-state index contributed by atoms with van der Waals surface area (Å²) in [5.74, 6) is 2.90. The van der Waals surface area contributed by atoms with Gasteiger partial charge in [-0.3, -0.25) is 0 Å². The molecule has 18 heavy (non-hydrogen) atoms. The maximum atomic E-state index is 5.33. The fourth-order valence-electron chi connectivity index (χ4n) is 3.64. The van der Waals surface area contributed by atoms with Gasteiger partial charge in [0.1, 0.15) is 5.75 Å². The van der Waals surface area contributed by atoms with Crippen LogP contribution in [0, 0.1) is 11.8 Å². The molecule has 0 aromatic heterocycles. The topological polar surface area (TPSA) is 12.5 Å². The molecular weight excluding hydrogens is 222 g/mol. The second kappa shape index (κ2) is 5.21. The van der Waals surface area contributed by atoms with Gasteiger partial charge in [-0.05, 0) is 36.8 Å². The Bertz CT molecular complexity index is 404. The lowest BCUT2D eigenvalue weighted by molar-refractivity contribution is 0.202. The minimum atomic E-state index is 0.929. The molecule has 0 N–H and O–H groups in total. The van der Waals surface area contributed by atoms with Crippen molar-refractivity contribution in [2.24, 2.45) is 11.8 Å². The lowest BCUT2D eigenvalue weighted by atomic mass is 9.75. The highest BCUT2D eigenvalue weighted by atomic mass is 16.5. The van der Waals surface area contributed by atoms with Gasteiger partial charge in [-0.1, -0.05) is 25.3 Å². The minimum absolute atomic E-state index is 0.929. The van der Waals surface area contributed by atoms with Crippen LogP contribution >= 0.6 is 0 Å². The van der Waals surface area contributed by atoms with Crippen LogP contribution in [0.3, 0.4) is 0 Å². The van der Waals surface area contributed by atoms with Crippen molar-refractivity contribution in [3.8, 4) is 5.75 Å². The Kier molecular flexibility index (Phi) is 3.44. The van der Waals surface area contributed by atoms with Gasteiger partial charge in [-0.2, -0.15) is 0 Å². The zero-order valence-electron chi connectivity index (χ0n) is 11.3. The summed E-state index contributed by atoms with van der Waals surface area (Å²) in [4.78, 5) is 2.55. The van der Waals surface area contributed by atoms with Crippen LogP contribution in [0.15, 0.2) is 24.3 Å². The first-order valence-corrected chi connectivity index (χ1v) is 7.26. The summed E-state index contributed by atoms with van der Waals surface area (Å²) in [6, 6.07) is 8.51. The Labute approximate surface area is 110 Å². The largest absolute Gasteiger partial charge is 0.497 e. The Balaban J connectivity index is 1.72. The van der Waals surface area contributed by atoms with E-state index in [1.165, 1.54) is 50.9 Å². The molecule has 1 saturated carbocycles. The minimum Gasteiger partial charge on any atom is -0.497 e. The third-order valence-corrected chi connectivity index (χ3v) is 4.71. The first kappa shape index (κ1) is 11.9. The van der Waals surface area contributed by atoms with Gasteiger partial charge in [0, 0.05) is 24.8 Å². The fourth-order valence-corrected chi connectivity index (χ4v) is 3.64. The van der Waals surface area contributed by atoms with Crippen molar-refractivity contribution in [3.05, 3.63) is 24.3 Å². The van der Waals surface area contributed by atoms with Crippen LogP contribution in [-0.2, 0) is 0 Å². The highest BCUT2D eigenvalue weighted by Crippen LogP contribution is 2.37. The summed E-state index contributed by atoms with van der Waals surface area (Å²) >= 11 is 0. The van der Waals surface area contributed by atoms with Gasteiger partial charge >= 0.3 is 0 Å². The zero-order chi connectivity index (χ0) is 12.4. The summed E-state index contributed by atoms with van der Waals surface area (Å²) in [5.41, 5.74) is 1.33. The molecule has 2 unspecified atom stereocenters. The van der Waals surface area contributed by atoms with Crippen LogP contribution in [0.2, 0.25) is 0 Å². The smallest absolute Gasteiger partial charge is 0.120 e. The number of anilines is 1. The van der Waals surface area contributed by atoms with Crippen molar-refractivity contribution in [2.75, 3.05) is 25.1 Å². The Morgan fingerprint density at radius 1 is 1.11 bits per heavy atom. The average Bonchev–Trinajstić information content (AvgIpc) is 2.47. The van der Waals surface area contributed by atoms with Crippen molar-refractivity contribution >= 4 is 5.69 Å². The van der Waals surface area contributed by atoms with E-state index in [0.717, 1.165) is 17.6 Å². The lowest BCUT2D eigenvalue weighted by Crippen LogP contribution is -2.41. The van der Waals surface area contributed by atoms with E-state index in [2.05, 4.69) is 23.1 Å². The van der Waals surface area contributed by atoms with Crippen LogP contribution in [0.5, 0.6) is 5.75 Å². The first-order valence-electron chi connectivity index (χ1n) is 7.26. The van der Waals surface area contributed by atoms with E-state index in [4.69, 9.17) is 4.74 Å². The molecule has 0 radical (unpaired) electrons. The van der Waals surface area contributed by atoms with Gasteiger partial charge < -0.3 is 9.64 Å². The van der Waals surface area contributed by atoms with Crippen molar-refractivity contribution in [1.29, 1.82) is 0 Å². The molecule has 2 heteroatoms. The van der Waals surface area contributed by atoms with Crippen molar-refractivity contribution in [2.45, 2.75) is 32.1 Å². The molecule has 1 aliphatic carbocycles. The Hall–Kier alpha value is -1.18. The number of fused-ring (bicyclic) bond motifs is 1. The number of hydrogen-bond donors (Lipinski definition) is 0. The maximum absolute atomic E-state index is 5.33. The third-order valence-electron chi connectivity index (χ3n) is 4.71. The van der Waals surface area contributed by atoms with E-state index in [1.807, 2.05) is 6.07 Å². The van der Waals surface area contributed by atoms with E-state index in [9.17, 15) is 0 Å². The van der Waals surface area contributed by atoms with Crippen molar-refractivity contribution in [1.82, 2.24) is 0 Å². The van der Waals surface area contributed by atoms with E-state index >= 15 is 0 Å². The number of methoxy groups -OCH3 is 1. The Morgan fingerprint density at radius 3 is 2.78 bits per heavy atom. The molecule has 1 saturated heterocycles. The summed E-state index contributed by atoms with van der Waals surface area (Å²) in [7, 11) is 1.74. The predicted molar refractivity (Wildman–Crippen MR) is 75.3 cm³/mol. The molecule has 0 spiro atoms. The van der Waals surface area contributed by atoms with E-state index in [0.29, 0.717) is 0 Å². The molecule has 1 heterocycles. The first-order chi connectivity index (χ1) is 8.86. The summed E-state index contributed by atoms with van der Waals surface area (Å²) in [6.07, 6.45) is 7.18. The van der Waals surface area contributed by atoms with Crippen LogP contribution in [0.1, 0.15) is 32.1 Å². The fraction of sp³-hybridized carbons (Fsp3) is 0.625. The van der Waals surface area contributed by atoms with Gasteiger partial charge in [0.15, 0.2) is 0 Å². The number of nitrogens with zero attached hydrogens (tertiary/aromatic N) is 1. The molecule has 0 amide bonds. The number of piperidine rings is 1. The van der Waals surface area contributed by atoms with Crippen LogP contribution in [0.4, 0.5) is 5.69 Å².